The standard InChI is InChI=1S/C3H2F2N2O3/c4-1(8)6-3(10)7-2(5)9/h(H2,6,7,8,9,10)/p-2. The van der Waals surface area contributed by atoms with E-state index in [-0.39, 0.29) is 0 Å². The molecule has 0 heterocycles. The summed E-state index contributed by atoms with van der Waals surface area (Å²) in [5.41, 5.74) is 0. The SMILES string of the molecule is O=C(F)/N=C([O-])/N=C(\[O-])F. The van der Waals surface area contributed by atoms with E-state index in [2.05, 4.69) is 0 Å². The zero-order valence-electron chi connectivity index (χ0n) is 4.38. The maximum atomic E-state index is 11.1. The minimum atomic E-state index is -2.32. The first-order valence-electron chi connectivity index (χ1n) is 1.88. The van der Waals surface area contributed by atoms with Crippen molar-refractivity contribution in [2.24, 2.45) is 9.98 Å². The van der Waals surface area contributed by atoms with Crippen LogP contribution in [0.2, 0.25) is 0 Å². The summed E-state index contributed by atoms with van der Waals surface area (Å²) in [6, 6.07) is -1.79. The molecule has 0 aliphatic carbocycles. The Kier molecular flexibility index (Phi) is 2.95. The van der Waals surface area contributed by atoms with Crippen LogP contribution < -0.4 is 10.2 Å². The minimum Gasteiger partial charge on any atom is -0.844 e. The Labute approximate surface area is 53.3 Å². The number of rotatable bonds is 0. The summed E-state index contributed by atoms with van der Waals surface area (Å²) in [4.78, 5) is 13.2. The van der Waals surface area contributed by atoms with Gasteiger partial charge in [0.05, 0.1) is 6.02 Å². The Morgan fingerprint density at radius 1 is 1.20 bits per heavy atom. The lowest BCUT2D eigenvalue weighted by Gasteiger charge is -2.02. The first-order valence-corrected chi connectivity index (χ1v) is 1.88. The molecule has 7 heteroatoms. The average Bonchev–Trinajstić information content (AvgIpc) is 1.58. The monoisotopic (exact) mass is 150 g/mol. The fourth-order valence-electron chi connectivity index (χ4n) is 0.175. The van der Waals surface area contributed by atoms with Gasteiger partial charge in [0.25, 0.3) is 0 Å². The van der Waals surface area contributed by atoms with E-state index in [1.54, 1.807) is 0 Å². The molecule has 0 atom stereocenters. The van der Waals surface area contributed by atoms with Crippen molar-refractivity contribution in [3.05, 3.63) is 0 Å². The highest BCUT2D eigenvalue weighted by Gasteiger charge is 1.88. The number of hydrogen-bond donors (Lipinski definition) is 0. The summed E-state index contributed by atoms with van der Waals surface area (Å²) in [5.74, 6) is 0. The molecule has 5 nitrogen and oxygen atoms in total. The van der Waals surface area contributed by atoms with Gasteiger partial charge in [0.15, 0.2) is 0 Å². The molecule has 0 saturated heterocycles. The summed E-state index contributed by atoms with van der Waals surface area (Å²) in [6.45, 7) is 0. The minimum absolute atomic E-state index is 1.79. The van der Waals surface area contributed by atoms with Crippen LogP contribution in [0.15, 0.2) is 9.98 Å². The van der Waals surface area contributed by atoms with Crippen molar-refractivity contribution in [1.29, 1.82) is 0 Å². The van der Waals surface area contributed by atoms with E-state index in [0.29, 0.717) is 0 Å². The van der Waals surface area contributed by atoms with E-state index in [0.717, 1.165) is 0 Å². The fourth-order valence-corrected chi connectivity index (χ4v) is 0.175. The molecular formula is C3F2N2O3-2. The van der Waals surface area contributed by atoms with Crippen LogP contribution in [-0.4, -0.2) is 18.3 Å². The van der Waals surface area contributed by atoms with Gasteiger partial charge >= 0.3 is 6.16 Å². The lowest BCUT2D eigenvalue weighted by atomic mass is 11.0. The normalized spacial score (nSPS) is 13.4. The van der Waals surface area contributed by atoms with Gasteiger partial charge in [-0.1, -0.05) is 0 Å². The Balaban J connectivity index is 4.22. The van der Waals surface area contributed by atoms with Crippen LogP contribution in [0.1, 0.15) is 0 Å². The highest BCUT2D eigenvalue weighted by atomic mass is 19.1. The van der Waals surface area contributed by atoms with Crippen molar-refractivity contribution < 1.29 is 23.8 Å². The molecule has 0 aliphatic rings. The van der Waals surface area contributed by atoms with Gasteiger partial charge in [0.1, 0.15) is 6.15 Å². The number of carbonyl (C=O) groups is 1. The lowest BCUT2D eigenvalue weighted by molar-refractivity contribution is -0.238. The topological polar surface area (TPSA) is 87.9 Å². The van der Waals surface area contributed by atoms with Gasteiger partial charge in [0.2, 0.25) is 0 Å². The summed E-state index contributed by atoms with van der Waals surface area (Å²) >= 11 is 0. The maximum Gasteiger partial charge on any atom is 0.424 e. The van der Waals surface area contributed by atoms with Crippen LogP contribution in [-0.2, 0) is 0 Å². The molecule has 10 heavy (non-hydrogen) atoms. The highest BCUT2D eigenvalue weighted by Crippen LogP contribution is 1.80. The Morgan fingerprint density at radius 2 is 1.70 bits per heavy atom. The van der Waals surface area contributed by atoms with Crippen LogP contribution in [0.4, 0.5) is 13.6 Å². The Bertz CT molecular complexity index is 196. The molecule has 56 valence electrons. The predicted molar refractivity (Wildman–Crippen MR) is 22.5 cm³/mol. The van der Waals surface area contributed by atoms with Crippen LogP contribution in [0.3, 0.4) is 0 Å². The second-order valence-corrected chi connectivity index (χ2v) is 1.01. The predicted octanol–water partition coefficient (Wildman–Crippen LogP) is -1.52. The summed E-state index contributed by atoms with van der Waals surface area (Å²) in [5, 5.41) is 19.1. The maximum absolute atomic E-state index is 11.1. The molecule has 0 N–H and O–H groups in total. The van der Waals surface area contributed by atoms with E-state index in [9.17, 15) is 23.8 Å². The third-order valence-electron chi connectivity index (χ3n) is 0.367. The van der Waals surface area contributed by atoms with Crippen molar-refractivity contribution >= 4 is 18.3 Å². The molecule has 0 aromatic heterocycles. The van der Waals surface area contributed by atoms with Crippen LogP contribution >= 0.6 is 0 Å². The molecular weight excluding hydrogens is 150 g/mol. The molecule has 0 radical (unpaired) electrons. The number of hydrogen-bond acceptors (Lipinski definition) is 3. The number of amides is 1. The zero-order valence-corrected chi connectivity index (χ0v) is 4.38. The molecule has 0 aromatic rings. The summed E-state index contributed by atoms with van der Waals surface area (Å²) in [7, 11) is 0. The molecule has 0 bridgehead atoms. The van der Waals surface area contributed by atoms with E-state index in [4.69, 9.17) is 0 Å². The largest absolute Gasteiger partial charge is 0.844 e. The second kappa shape index (κ2) is 3.49. The third kappa shape index (κ3) is 4.62. The van der Waals surface area contributed by atoms with Crippen molar-refractivity contribution in [3.63, 3.8) is 0 Å². The van der Waals surface area contributed by atoms with Crippen molar-refractivity contribution in [3.8, 4) is 0 Å². The second-order valence-electron chi connectivity index (χ2n) is 1.01. The van der Waals surface area contributed by atoms with Gasteiger partial charge in [0, 0.05) is 0 Å². The quantitative estimate of drug-likeness (QED) is 0.182. The van der Waals surface area contributed by atoms with E-state index in [1.807, 2.05) is 9.98 Å². The number of halogens is 2. The van der Waals surface area contributed by atoms with Gasteiger partial charge < -0.3 is 10.2 Å². The van der Waals surface area contributed by atoms with Gasteiger partial charge in [-0.05, 0) is 0 Å². The smallest absolute Gasteiger partial charge is 0.424 e. The van der Waals surface area contributed by atoms with Crippen molar-refractivity contribution in [2.45, 2.75) is 0 Å². The van der Waals surface area contributed by atoms with Crippen molar-refractivity contribution in [1.82, 2.24) is 0 Å². The molecule has 0 unspecified atom stereocenters. The first-order chi connectivity index (χ1) is 4.52. The molecule has 0 aromatic carbocycles. The van der Waals surface area contributed by atoms with Gasteiger partial charge in [-0.25, -0.2) is 14.2 Å². The Morgan fingerprint density at radius 3 is 2.00 bits per heavy atom. The molecule has 0 rings (SSSR count). The van der Waals surface area contributed by atoms with Crippen LogP contribution in [0.5, 0.6) is 0 Å². The molecule has 0 aliphatic heterocycles. The van der Waals surface area contributed by atoms with Gasteiger partial charge in [-0.3, -0.25) is 0 Å². The number of aliphatic imine (C=N–C) groups is 2. The fraction of sp³-hybridized carbons (Fsp3) is 0. The van der Waals surface area contributed by atoms with Crippen molar-refractivity contribution in [2.75, 3.05) is 0 Å². The number of nitrogens with zero attached hydrogens (tertiary/aromatic N) is 2. The zero-order chi connectivity index (χ0) is 8.15. The highest BCUT2D eigenvalue weighted by molar-refractivity contribution is 5.88. The first kappa shape index (κ1) is 8.47. The summed E-state index contributed by atoms with van der Waals surface area (Å²) in [6.07, 6.45) is -4.65. The number of amidine groups is 1. The molecule has 0 fully saturated rings. The molecule has 0 spiro atoms. The van der Waals surface area contributed by atoms with E-state index < -0.39 is 18.3 Å². The third-order valence-corrected chi connectivity index (χ3v) is 0.367. The van der Waals surface area contributed by atoms with Crippen LogP contribution in [0.25, 0.3) is 0 Å². The summed E-state index contributed by atoms with van der Waals surface area (Å²) < 4.78 is 22.2. The van der Waals surface area contributed by atoms with E-state index in [1.165, 1.54) is 0 Å². The number of carbonyl (C=O) groups excluding carboxylic acids is 1. The lowest BCUT2D eigenvalue weighted by Crippen LogP contribution is -2.21. The van der Waals surface area contributed by atoms with Gasteiger partial charge in [-0.2, -0.15) is 4.99 Å². The van der Waals surface area contributed by atoms with Gasteiger partial charge in [-0.15, -0.1) is 4.39 Å². The Hall–Kier alpha value is -1.53. The molecule has 0 saturated carbocycles. The van der Waals surface area contributed by atoms with E-state index >= 15 is 0 Å². The van der Waals surface area contributed by atoms with Crippen LogP contribution in [0, 0.1) is 0 Å². The average molecular weight is 150 g/mol. The molecule has 1 amide bonds.